The quantitative estimate of drug-likeness (QED) is 0.817. The standard InChI is InChI=1S/C9H10N2O3.C8H9NO2/c1-2-14-9(13)6-3-4-11-7(5-6)8(10)12;1-2-11-8(10)7-3-5-9-6-4-7/h3-5H,2H2,1H3,(H2,10,12);3-6H,2H2,1H3. The van der Waals surface area contributed by atoms with Gasteiger partial charge in [-0.3, -0.25) is 14.8 Å². The van der Waals surface area contributed by atoms with E-state index in [1.807, 2.05) is 0 Å². The summed E-state index contributed by atoms with van der Waals surface area (Å²) in [7, 11) is 0. The number of nitrogens with zero attached hydrogens (tertiary/aromatic N) is 2. The second kappa shape index (κ2) is 10.5. The molecule has 2 aromatic rings. The van der Waals surface area contributed by atoms with E-state index in [0.29, 0.717) is 12.2 Å². The summed E-state index contributed by atoms with van der Waals surface area (Å²) in [5, 5.41) is 0. The number of amides is 1. The van der Waals surface area contributed by atoms with Gasteiger partial charge in [0.2, 0.25) is 0 Å². The minimum atomic E-state index is -0.670. The van der Waals surface area contributed by atoms with Crippen LogP contribution in [0.2, 0.25) is 0 Å². The Morgan fingerprint density at radius 1 is 0.920 bits per heavy atom. The molecule has 0 saturated carbocycles. The first-order chi connectivity index (χ1) is 12.0. The Labute approximate surface area is 145 Å². The average molecular weight is 345 g/mol. The van der Waals surface area contributed by atoms with Crippen LogP contribution in [0.5, 0.6) is 0 Å². The molecule has 2 N–H and O–H groups in total. The van der Waals surface area contributed by atoms with Gasteiger partial charge in [0, 0.05) is 18.6 Å². The van der Waals surface area contributed by atoms with Crippen LogP contribution in [-0.4, -0.2) is 41.0 Å². The third kappa shape index (κ3) is 6.78. The summed E-state index contributed by atoms with van der Waals surface area (Å²) >= 11 is 0. The number of primary amides is 1. The fourth-order valence-corrected chi connectivity index (χ4v) is 1.61. The SMILES string of the molecule is CCOC(=O)c1ccnc(C(N)=O)c1.CCOC(=O)c1ccncc1. The Balaban J connectivity index is 0.000000257. The van der Waals surface area contributed by atoms with E-state index in [2.05, 4.69) is 9.97 Å². The van der Waals surface area contributed by atoms with Crippen molar-refractivity contribution in [3.05, 3.63) is 59.7 Å². The predicted octanol–water partition coefficient (Wildman–Crippen LogP) is 1.62. The highest BCUT2D eigenvalue weighted by Gasteiger charge is 2.09. The van der Waals surface area contributed by atoms with Crippen LogP contribution in [0.3, 0.4) is 0 Å². The van der Waals surface area contributed by atoms with Crippen LogP contribution in [-0.2, 0) is 9.47 Å². The molecule has 2 aromatic heterocycles. The van der Waals surface area contributed by atoms with Crippen LogP contribution in [0.4, 0.5) is 0 Å². The molecule has 0 spiro atoms. The van der Waals surface area contributed by atoms with Crippen molar-refractivity contribution in [3.63, 3.8) is 0 Å². The van der Waals surface area contributed by atoms with Crippen LogP contribution in [0.1, 0.15) is 45.1 Å². The molecular formula is C17H19N3O5. The number of rotatable bonds is 5. The topological polar surface area (TPSA) is 121 Å². The predicted molar refractivity (Wildman–Crippen MR) is 88.9 cm³/mol. The van der Waals surface area contributed by atoms with Crippen LogP contribution < -0.4 is 5.73 Å². The van der Waals surface area contributed by atoms with E-state index in [4.69, 9.17) is 15.2 Å². The summed E-state index contributed by atoms with van der Waals surface area (Å²) in [4.78, 5) is 40.4. The van der Waals surface area contributed by atoms with Crippen molar-refractivity contribution in [1.82, 2.24) is 9.97 Å². The first-order valence-electron chi connectivity index (χ1n) is 7.49. The second-order valence-electron chi connectivity index (χ2n) is 4.47. The number of esters is 2. The molecule has 8 nitrogen and oxygen atoms in total. The van der Waals surface area contributed by atoms with Gasteiger partial charge in [0.05, 0.1) is 24.3 Å². The Bertz CT molecular complexity index is 719. The van der Waals surface area contributed by atoms with E-state index in [1.165, 1.54) is 18.3 Å². The Morgan fingerprint density at radius 2 is 1.44 bits per heavy atom. The molecule has 0 fully saturated rings. The van der Waals surface area contributed by atoms with E-state index >= 15 is 0 Å². The molecule has 0 aliphatic carbocycles. The molecule has 0 unspecified atom stereocenters. The van der Waals surface area contributed by atoms with Crippen LogP contribution in [0, 0.1) is 0 Å². The van der Waals surface area contributed by atoms with Gasteiger partial charge in [-0.1, -0.05) is 0 Å². The maximum Gasteiger partial charge on any atom is 0.338 e. The number of hydrogen-bond donors (Lipinski definition) is 1. The second-order valence-corrected chi connectivity index (χ2v) is 4.47. The highest BCUT2D eigenvalue weighted by Crippen LogP contribution is 2.03. The lowest BCUT2D eigenvalue weighted by Crippen LogP contribution is -2.14. The number of pyridine rings is 2. The van der Waals surface area contributed by atoms with Gasteiger partial charge in [-0.05, 0) is 38.1 Å². The highest BCUT2D eigenvalue weighted by molar-refractivity contribution is 5.95. The fourth-order valence-electron chi connectivity index (χ4n) is 1.61. The van der Waals surface area contributed by atoms with Crippen molar-refractivity contribution in [1.29, 1.82) is 0 Å². The monoisotopic (exact) mass is 345 g/mol. The number of nitrogens with two attached hydrogens (primary N) is 1. The summed E-state index contributed by atoms with van der Waals surface area (Å²) in [6, 6.07) is 6.01. The van der Waals surface area contributed by atoms with E-state index in [0.717, 1.165) is 0 Å². The number of ether oxygens (including phenoxy) is 2. The van der Waals surface area contributed by atoms with Gasteiger partial charge < -0.3 is 15.2 Å². The largest absolute Gasteiger partial charge is 0.462 e. The van der Waals surface area contributed by atoms with E-state index in [-0.39, 0.29) is 23.8 Å². The van der Waals surface area contributed by atoms with Gasteiger partial charge in [0.1, 0.15) is 5.69 Å². The van der Waals surface area contributed by atoms with Gasteiger partial charge >= 0.3 is 11.9 Å². The van der Waals surface area contributed by atoms with Crippen LogP contribution >= 0.6 is 0 Å². The molecule has 8 heteroatoms. The van der Waals surface area contributed by atoms with Gasteiger partial charge in [-0.15, -0.1) is 0 Å². The number of aromatic nitrogens is 2. The summed E-state index contributed by atoms with van der Waals surface area (Å²) in [6.45, 7) is 4.17. The Hall–Kier alpha value is -3.29. The summed E-state index contributed by atoms with van der Waals surface area (Å²) in [6.07, 6.45) is 4.46. The fraction of sp³-hybridized carbons (Fsp3) is 0.235. The lowest BCUT2D eigenvalue weighted by atomic mass is 10.2. The van der Waals surface area contributed by atoms with Crippen molar-refractivity contribution in [3.8, 4) is 0 Å². The van der Waals surface area contributed by atoms with E-state index in [9.17, 15) is 14.4 Å². The molecule has 0 aromatic carbocycles. The molecule has 0 bridgehead atoms. The number of carbonyl (C=O) groups excluding carboxylic acids is 3. The average Bonchev–Trinajstić information content (AvgIpc) is 2.63. The Morgan fingerprint density at radius 3 is 1.96 bits per heavy atom. The highest BCUT2D eigenvalue weighted by atomic mass is 16.5. The summed E-state index contributed by atoms with van der Waals surface area (Å²) in [5.74, 6) is -1.46. The van der Waals surface area contributed by atoms with Gasteiger partial charge in [-0.25, -0.2) is 9.59 Å². The van der Waals surface area contributed by atoms with Gasteiger partial charge in [0.15, 0.2) is 0 Å². The van der Waals surface area contributed by atoms with Crippen molar-refractivity contribution in [2.24, 2.45) is 5.73 Å². The van der Waals surface area contributed by atoms with Gasteiger partial charge in [0.25, 0.3) is 5.91 Å². The lowest BCUT2D eigenvalue weighted by Gasteiger charge is -2.01. The summed E-state index contributed by atoms with van der Waals surface area (Å²) < 4.78 is 9.51. The zero-order valence-corrected chi connectivity index (χ0v) is 14.0. The number of hydrogen-bond acceptors (Lipinski definition) is 7. The lowest BCUT2D eigenvalue weighted by molar-refractivity contribution is 0.0516. The van der Waals surface area contributed by atoms with Crippen molar-refractivity contribution >= 4 is 17.8 Å². The minimum absolute atomic E-state index is 0.0514. The molecule has 0 saturated heterocycles. The molecular weight excluding hydrogens is 326 g/mol. The molecule has 132 valence electrons. The first kappa shape index (κ1) is 19.8. The Kier molecular flexibility index (Phi) is 8.28. The molecule has 0 aliphatic heterocycles. The van der Waals surface area contributed by atoms with Crippen LogP contribution in [0.15, 0.2) is 42.9 Å². The van der Waals surface area contributed by atoms with Crippen molar-refractivity contribution in [2.45, 2.75) is 13.8 Å². The molecule has 1 amide bonds. The normalized spacial score (nSPS) is 9.36. The van der Waals surface area contributed by atoms with E-state index < -0.39 is 11.9 Å². The van der Waals surface area contributed by atoms with Crippen LogP contribution in [0.25, 0.3) is 0 Å². The minimum Gasteiger partial charge on any atom is -0.462 e. The third-order valence-corrected chi connectivity index (χ3v) is 2.71. The molecule has 2 rings (SSSR count). The molecule has 0 aliphatic rings. The first-order valence-corrected chi connectivity index (χ1v) is 7.49. The zero-order valence-electron chi connectivity index (χ0n) is 14.0. The molecule has 25 heavy (non-hydrogen) atoms. The van der Waals surface area contributed by atoms with Crippen molar-refractivity contribution in [2.75, 3.05) is 13.2 Å². The smallest absolute Gasteiger partial charge is 0.338 e. The molecule has 2 heterocycles. The maximum absolute atomic E-state index is 11.2. The zero-order chi connectivity index (χ0) is 18.7. The number of carbonyl (C=O) groups is 3. The molecule has 0 atom stereocenters. The van der Waals surface area contributed by atoms with Gasteiger partial charge in [-0.2, -0.15) is 0 Å². The molecule has 0 radical (unpaired) electrons. The summed E-state index contributed by atoms with van der Waals surface area (Å²) in [5.41, 5.74) is 5.87. The van der Waals surface area contributed by atoms with Crippen molar-refractivity contribution < 1.29 is 23.9 Å². The maximum atomic E-state index is 11.2. The third-order valence-electron chi connectivity index (χ3n) is 2.71. The van der Waals surface area contributed by atoms with E-state index in [1.54, 1.807) is 38.4 Å².